The summed E-state index contributed by atoms with van der Waals surface area (Å²) in [5.41, 5.74) is 4.65. The highest BCUT2D eigenvalue weighted by Crippen LogP contribution is 2.33. The van der Waals surface area contributed by atoms with Crippen LogP contribution < -0.4 is 9.80 Å². The molecule has 2 aromatic heterocycles. The summed E-state index contributed by atoms with van der Waals surface area (Å²) in [5.74, 6) is 0.716. The van der Waals surface area contributed by atoms with Gasteiger partial charge in [-0.1, -0.05) is 12.1 Å². The largest absolute Gasteiger partial charge is 0.368 e. The summed E-state index contributed by atoms with van der Waals surface area (Å²) in [6.07, 6.45) is 7.55. The minimum Gasteiger partial charge on any atom is -0.368 e. The molecule has 3 aromatic rings. The zero-order valence-electron chi connectivity index (χ0n) is 14.6. The molecular weight excluding hydrogens is 312 g/mol. The van der Waals surface area contributed by atoms with Gasteiger partial charge in [-0.15, -0.1) is 0 Å². The summed E-state index contributed by atoms with van der Waals surface area (Å²) < 4.78 is 1.76. The van der Waals surface area contributed by atoms with E-state index >= 15 is 0 Å². The van der Waals surface area contributed by atoms with Gasteiger partial charge in [0.2, 0.25) is 0 Å². The molecule has 1 aliphatic rings. The van der Waals surface area contributed by atoms with Crippen molar-refractivity contribution in [2.24, 2.45) is 7.05 Å². The van der Waals surface area contributed by atoms with Crippen molar-refractivity contribution < 1.29 is 0 Å². The summed E-state index contributed by atoms with van der Waals surface area (Å²) in [7, 11) is 1.89. The van der Waals surface area contributed by atoms with Crippen LogP contribution in [0, 0.1) is 0 Å². The number of anilines is 2. The maximum absolute atomic E-state index is 4.51. The topological polar surface area (TPSA) is 50.1 Å². The van der Waals surface area contributed by atoms with Gasteiger partial charge in [0.15, 0.2) is 5.82 Å². The van der Waals surface area contributed by atoms with Crippen molar-refractivity contribution >= 4 is 11.4 Å². The van der Waals surface area contributed by atoms with Crippen LogP contribution in [0.1, 0.15) is 12.5 Å². The minimum absolute atomic E-state index is 0.716. The summed E-state index contributed by atoms with van der Waals surface area (Å²) in [5, 5.41) is 4.17. The maximum atomic E-state index is 4.51. The first-order valence-electron chi connectivity index (χ1n) is 8.63. The number of aromatic nitrogens is 4. The molecule has 0 saturated carbocycles. The van der Waals surface area contributed by atoms with Crippen molar-refractivity contribution in [3.8, 4) is 11.4 Å². The molecule has 4 rings (SSSR count). The lowest BCUT2D eigenvalue weighted by Gasteiger charge is -2.38. The van der Waals surface area contributed by atoms with Gasteiger partial charge in [0.1, 0.15) is 0 Å². The van der Waals surface area contributed by atoms with Crippen LogP contribution in [-0.4, -0.2) is 39.4 Å². The van der Waals surface area contributed by atoms with Crippen LogP contribution in [0.15, 0.2) is 49.1 Å². The monoisotopic (exact) mass is 334 g/mol. The molecule has 0 spiro atoms. The Morgan fingerprint density at radius 3 is 2.28 bits per heavy atom. The molecule has 0 saturated heterocycles. The van der Waals surface area contributed by atoms with E-state index in [0.717, 1.165) is 37.3 Å². The van der Waals surface area contributed by atoms with E-state index in [4.69, 9.17) is 0 Å². The van der Waals surface area contributed by atoms with Gasteiger partial charge in [0.25, 0.3) is 0 Å². The Morgan fingerprint density at radius 2 is 1.64 bits per heavy atom. The predicted octanol–water partition coefficient (Wildman–Crippen LogP) is 2.72. The van der Waals surface area contributed by atoms with E-state index in [1.807, 2.05) is 25.6 Å². The van der Waals surface area contributed by atoms with Gasteiger partial charge in [0.05, 0.1) is 23.1 Å². The maximum Gasteiger partial charge on any atom is 0.162 e. The highest BCUT2D eigenvalue weighted by atomic mass is 15.3. The number of fused-ring (bicyclic) bond motifs is 1. The second-order valence-corrected chi connectivity index (χ2v) is 6.31. The Morgan fingerprint density at radius 1 is 0.960 bits per heavy atom. The highest BCUT2D eigenvalue weighted by Gasteiger charge is 2.21. The molecule has 128 valence electrons. The van der Waals surface area contributed by atoms with Crippen molar-refractivity contribution in [1.29, 1.82) is 0 Å². The first kappa shape index (κ1) is 15.6. The average molecular weight is 334 g/mol. The van der Waals surface area contributed by atoms with Crippen LogP contribution in [0.2, 0.25) is 0 Å². The van der Waals surface area contributed by atoms with Crippen LogP contribution in [0.3, 0.4) is 0 Å². The standard InChI is InChI=1S/C19H22N6/c1-3-24-8-9-25(18-7-5-4-6-17(18)24)13-15-10-20-19(21-11-15)16-12-22-23(2)14-16/h4-7,10-12,14H,3,8-9,13H2,1-2H3. The third-order valence-corrected chi connectivity index (χ3v) is 4.63. The van der Waals surface area contributed by atoms with Gasteiger partial charge in [-0.05, 0) is 19.1 Å². The lowest BCUT2D eigenvalue weighted by atomic mass is 10.1. The van der Waals surface area contributed by atoms with E-state index in [1.54, 1.807) is 10.9 Å². The van der Waals surface area contributed by atoms with Crippen molar-refractivity contribution in [3.05, 3.63) is 54.6 Å². The number of nitrogens with zero attached hydrogens (tertiary/aromatic N) is 6. The van der Waals surface area contributed by atoms with E-state index in [0.29, 0.717) is 5.82 Å². The minimum atomic E-state index is 0.716. The Kier molecular flexibility index (Phi) is 4.09. The number of benzene rings is 1. The van der Waals surface area contributed by atoms with Crippen molar-refractivity contribution in [2.45, 2.75) is 13.5 Å². The van der Waals surface area contributed by atoms with Crippen LogP contribution in [0.25, 0.3) is 11.4 Å². The molecule has 0 N–H and O–H groups in total. The van der Waals surface area contributed by atoms with Crippen molar-refractivity contribution in [1.82, 2.24) is 19.7 Å². The molecule has 6 nitrogen and oxygen atoms in total. The fraction of sp³-hybridized carbons (Fsp3) is 0.316. The molecule has 0 unspecified atom stereocenters. The number of hydrogen-bond acceptors (Lipinski definition) is 5. The summed E-state index contributed by atoms with van der Waals surface area (Å²) >= 11 is 0. The van der Waals surface area contributed by atoms with E-state index < -0.39 is 0 Å². The number of hydrogen-bond donors (Lipinski definition) is 0. The molecule has 0 aliphatic carbocycles. The number of likely N-dealkylation sites (N-methyl/N-ethyl adjacent to an activating group) is 1. The van der Waals surface area contributed by atoms with Gasteiger partial charge in [-0.25, -0.2) is 9.97 Å². The Balaban J connectivity index is 1.54. The second kappa shape index (κ2) is 6.55. The first-order valence-corrected chi connectivity index (χ1v) is 8.63. The normalized spacial score (nSPS) is 13.8. The van der Waals surface area contributed by atoms with Crippen LogP contribution >= 0.6 is 0 Å². The van der Waals surface area contributed by atoms with E-state index in [-0.39, 0.29) is 0 Å². The zero-order valence-corrected chi connectivity index (χ0v) is 14.6. The highest BCUT2D eigenvalue weighted by molar-refractivity contribution is 5.73. The molecule has 1 aromatic carbocycles. The third kappa shape index (κ3) is 3.07. The number of rotatable bonds is 4. The Labute approximate surface area is 147 Å². The van der Waals surface area contributed by atoms with E-state index in [1.165, 1.54) is 11.4 Å². The van der Waals surface area contributed by atoms with Gasteiger partial charge in [0, 0.05) is 57.4 Å². The molecule has 0 radical (unpaired) electrons. The molecule has 0 amide bonds. The molecular formula is C19H22N6. The summed E-state index contributed by atoms with van der Waals surface area (Å²) in [6.45, 7) is 6.12. The second-order valence-electron chi connectivity index (χ2n) is 6.31. The molecule has 0 fully saturated rings. The fourth-order valence-electron chi connectivity index (χ4n) is 3.32. The SMILES string of the molecule is CCN1CCN(Cc2cnc(-c3cnn(C)c3)nc2)c2ccccc21. The van der Waals surface area contributed by atoms with E-state index in [9.17, 15) is 0 Å². The van der Waals surface area contributed by atoms with Crippen LogP contribution in [-0.2, 0) is 13.6 Å². The quantitative estimate of drug-likeness (QED) is 0.734. The van der Waals surface area contributed by atoms with Gasteiger partial charge in [-0.3, -0.25) is 4.68 Å². The van der Waals surface area contributed by atoms with Gasteiger partial charge >= 0.3 is 0 Å². The van der Waals surface area contributed by atoms with E-state index in [2.05, 4.69) is 56.1 Å². The van der Waals surface area contributed by atoms with Gasteiger partial charge in [-0.2, -0.15) is 5.10 Å². The Hall–Kier alpha value is -2.89. The Bertz CT molecular complexity index is 854. The van der Waals surface area contributed by atoms with Crippen LogP contribution in [0.4, 0.5) is 11.4 Å². The molecule has 0 bridgehead atoms. The number of aryl methyl sites for hydroxylation is 1. The molecule has 0 atom stereocenters. The van der Waals surface area contributed by atoms with Crippen molar-refractivity contribution in [3.63, 3.8) is 0 Å². The smallest absolute Gasteiger partial charge is 0.162 e. The average Bonchev–Trinajstić information content (AvgIpc) is 3.09. The molecule has 6 heteroatoms. The predicted molar refractivity (Wildman–Crippen MR) is 99.6 cm³/mol. The summed E-state index contributed by atoms with van der Waals surface area (Å²) in [4.78, 5) is 13.9. The fourth-order valence-corrected chi connectivity index (χ4v) is 3.32. The molecule has 25 heavy (non-hydrogen) atoms. The first-order chi connectivity index (χ1) is 12.2. The van der Waals surface area contributed by atoms with Gasteiger partial charge < -0.3 is 9.80 Å². The lowest BCUT2D eigenvalue weighted by Crippen LogP contribution is -2.40. The third-order valence-electron chi connectivity index (χ3n) is 4.63. The number of para-hydroxylation sites is 2. The molecule has 3 heterocycles. The molecule has 1 aliphatic heterocycles. The van der Waals surface area contributed by atoms with Crippen LogP contribution in [0.5, 0.6) is 0 Å². The lowest BCUT2D eigenvalue weighted by molar-refractivity contribution is 0.705. The zero-order chi connectivity index (χ0) is 17.2. The van der Waals surface area contributed by atoms with Crippen molar-refractivity contribution in [2.75, 3.05) is 29.4 Å². The summed E-state index contributed by atoms with van der Waals surface area (Å²) in [6, 6.07) is 8.61.